The fourth-order valence-electron chi connectivity index (χ4n) is 1.66. The van der Waals surface area contributed by atoms with E-state index in [1.807, 2.05) is 23.1 Å². The number of thioether (sulfide) groups is 1. The Balaban J connectivity index is 2.42. The van der Waals surface area contributed by atoms with Crippen LogP contribution < -0.4 is 0 Å². The number of thiophene rings is 1. The van der Waals surface area contributed by atoms with E-state index in [2.05, 4.69) is 56.5 Å². The van der Waals surface area contributed by atoms with Crippen LogP contribution in [0.25, 0.3) is 10.4 Å². The third-order valence-corrected chi connectivity index (χ3v) is 4.78. The molecule has 1 aromatic heterocycles. The van der Waals surface area contributed by atoms with Crippen molar-refractivity contribution in [2.24, 2.45) is 0 Å². The van der Waals surface area contributed by atoms with Crippen LogP contribution in [-0.2, 0) is 0 Å². The summed E-state index contributed by atoms with van der Waals surface area (Å²) < 4.78 is 0. The zero-order valence-electron chi connectivity index (χ0n) is 9.86. The van der Waals surface area contributed by atoms with Crippen LogP contribution in [0.4, 0.5) is 0 Å². The van der Waals surface area contributed by atoms with Crippen LogP contribution in [0.2, 0.25) is 0 Å². The molecule has 0 amide bonds. The molecule has 0 bridgehead atoms. The molecule has 1 heterocycles. The number of hydrogen-bond acceptors (Lipinski definition) is 2. The third kappa shape index (κ3) is 2.33. The summed E-state index contributed by atoms with van der Waals surface area (Å²) in [6.07, 6.45) is 2.13. The lowest BCUT2D eigenvalue weighted by atomic mass is 10.1. The van der Waals surface area contributed by atoms with Crippen molar-refractivity contribution in [2.45, 2.75) is 24.7 Å². The molecule has 0 aliphatic heterocycles. The predicted molar refractivity (Wildman–Crippen MR) is 75.6 cm³/mol. The first-order valence-corrected chi connectivity index (χ1v) is 7.49. The Morgan fingerprint density at radius 3 is 2.44 bits per heavy atom. The smallest absolute Gasteiger partial charge is 0.0357 e. The molecule has 0 aliphatic rings. The second kappa shape index (κ2) is 5.07. The van der Waals surface area contributed by atoms with Gasteiger partial charge in [-0.2, -0.15) is 0 Å². The summed E-state index contributed by atoms with van der Waals surface area (Å²) in [6.45, 7) is 4.49. The quantitative estimate of drug-likeness (QED) is 0.668. The maximum atomic E-state index is 2.25. The van der Waals surface area contributed by atoms with Gasteiger partial charge in [-0.05, 0) is 30.4 Å². The van der Waals surface area contributed by atoms with E-state index in [4.69, 9.17) is 0 Å². The van der Waals surface area contributed by atoms with Crippen LogP contribution in [0.1, 0.15) is 24.6 Å². The van der Waals surface area contributed by atoms with E-state index in [9.17, 15) is 0 Å². The largest absolute Gasteiger partial charge is 0.140 e. The summed E-state index contributed by atoms with van der Waals surface area (Å²) in [6, 6.07) is 13.1. The fraction of sp³-hybridized carbons (Fsp3) is 0.286. The molecule has 0 saturated carbocycles. The number of rotatable bonds is 3. The highest BCUT2D eigenvalue weighted by Gasteiger charge is 2.08. The van der Waals surface area contributed by atoms with Gasteiger partial charge < -0.3 is 0 Å². The topological polar surface area (TPSA) is 0 Å². The average molecular weight is 248 g/mol. The van der Waals surface area contributed by atoms with Gasteiger partial charge in [0.05, 0.1) is 0 Å². The molecule has 84 valence electrons. The lowest BCUT2D eigenvalue weighted by Gasteiger charge is -2.04. The molecule has 2 aromatic rings. The highest BCUT2D eigenvalue weighted by molar-refractivity contribution is 7.98. The van der Waals surface area contributed by atoms with Crippen LogP contribution >= 0.6 is 23.1 Å². The Morgan fingerprint density at radius 1 is 1.06 bits per heavy atom. The first kappa shape index (κ1) is 11.7. The first-order chi connectivity index (χ1) is 7.72. The molecule has 0 aliphatic carbocycles. The average Bonchev–Trinajstić information content (AvgIpc) is 2.78. The van der Waals surface area contributed by atoms with Crippen molar-refractivity contribution in [3.63, 3.8) is 0 Å². The van der Waals surface area contributed by atoms with Crippen LogP contribution in [0, 0.1) is 0 Å². The summed E-state index contributed by atoms with van der Waals surface area (Å²) in [7, 11) is 0. The van der Waals surface area contributed by atoms with Crippen molar-refractivity contribution in [3.8, 4) is 10.4 Å². The minimum Gasteiger partial charge on any atom is -0.140 e. The molecule has 0 N–H and O–H groups in total. The zero-order valence-corrected chi connectivity index (χ0v) is 11.5. The maximum absolute atomic E-state index is 2.25. The van der Waals surface area contributed by atoms with Gasteiger partial charge in [0.25, 0.3) is 0 Å². The summed E-state index contributed by atoms with van der Waals surface area (Å²) in [5.41, 5.74) is 1.37. The third-order valence-electron chi connectivity index (χ3n) is 2.57. The molecule has 2 rings (SSSR count). The van der Waals surface area contributed by atoms with Crippen LogP contribution in [-0.4, -0.2) is 6.26 Å². The number of hydrogen-bond donors (Lipinski definition) is 0. The van der Waals surface area contributed by atoms with E-state index in [0.29, 0.717) is 5.92 Å². The van der Waals surface area contributed by atoms with Gasteiger partial charge in [0, 0.05) is 20.2 Å². The first-order valence-electron chi connectivity index (χ1n) is 5.45. The molecular formula is C14H16S2. The number of benzene rings is 1. The van der Waals surface area contributed by atoms with Crippen LogP contribution in [0.3, 0.4) is 0 Å². The summed E-state index contributed by atoms with van der Waals surface area (Å²) in [5.74, 6) is 0.625. The van der Waals surface area contributed by atoms with Crippen molar-refractivity contribution >= 4 is 23.1 Å². The summed E-state index contributed by atoms with van der Waals surface area (Å²) in [4.78, 5) is 4.21. The van der Waals surface area contributed by atoms with E-state index in [1.165, 1.54) is 20.2 Å². The van der Waals surface area contributed by atoms with Gasteiger partial charge >= 0.3 is 0 Å². The highest BCUT2D eigenvalue weighted by atomic mass is 32.2. The molecule has 0 unspecified atom stereocenters. The van der Waals surface area contributed by atoms with Crippen molar-refractivity contribution in [1.82, 2.24) is 0 Å². The van der Waals surface area contributed by atoms with E-state index in [1.54, 1.807) is 0 Å². The second-order valence-electron chi connectivity index (χ2n) is 4.06. The van der Waals surface area contributed by atoms with E-state index in [-0.39, 0.29) is 0 Å². The lowest BCUT2D eigenvalue weighted by molar-refractivity contribution is 0.890. The van der Waals surface area contributed by atoms with Gasteiger partial charge in [0.2, 0.25) is 0 Å². The summed E-state index contributed by atoms with van der Waals surface area (Å²) in [5, 5.41) is 0. The molecule has 0 radical (unpaired) electrons. The van der Waals surface area contributed by atoms with Crippen molar-refractivity contribution < 1.29 is 0 Å². The lowest BCUT2D eigenvalue weighted by Crippen LogP contribution is -1.78. The minimum absolute atomic E-state index is 0.625. The molecule has 0 atom stereocenters. The van der Waals surface area contributed by atoms with Crippen molar-refractivity contribution in [2.75, 3.05) is 6.26 Å². The molecule has 0 saturated heterocycles. The Labute approximate surface area is 106 Å². The molecule has 0 nitrogen and oxygen atoms in total. The van der Waals surface area contributed by atoms with Gasteiger partial charge in [-0.15, -0.1) is 23.1 Å². The Kier molecular flexibility index (Phi) is 3.72. The Hall–Kier alpha value is -0.730. The molecule has 0 fully saturated rings. The van der Waals surface area contributed by atoms with E-state index >= 15 is 0 Å². The van der Waals surface area contributed by atoms with E-state index in [0.717, 1.165) is 0 Å². The Bertz CT molecular complexity index is 469. The van der Waals surface area contributed by atoms with E-state index < -0.39 is 0 Å². The standard InChI is InChI=1S/C14H16S2/c1-10(2)12-8-9-14(16-12)11-6-4-5-7-13(11)15-3/h4-10H,1-3H3. The van der Waals surface area contributed by atoms with Gasteiger partial charge in [0.15, 0.2) is 0 Å². The highest BCUT2D eigenvalue weighted by Crippen LogP contribution is 2.36. The molecule has 16 heavy (non-hydrogen) atoms. The second-order valence-corrected chi connectivity index (χ2v) is 6.02. The van der Waals surface area contributed by atoms with Crippen LogP contribution in [0.15, 0.2) is 41.3 Å². The van der Waals surface area contributed by atoms with Crippen LogP contribution in [0.5, 0.6) is 0 Å². The monoisotopic (exact) mass is 248 g/mol. The Morgan fingerprint density at radius 2 is 1.81 bits per heavy atom. The van der Waals surface area contributed by atoms with Gasteiger partial charge in [0.1, 0.15) is 0 Å². The fourth-order valence-corrected chi connectivity index (χ4v) is 3.38. The molecular weight excluding hydrogens is 232 g/mol. The van der Waals surface area contributed by atoms with Gasteiger partial charge in [-0.1, -0.05) is 32.0 Å². The normalized spacial score (nSPS) is 11.0. The maximum Gasteiger partial charge on any atom is 0.0357 e. The van der Waals surface area contributed by atoms with Gasteiger partial charge in [-0.25, -0.2) is 0 Å². The molecule has 0 spiro atoms. The van der Waals surface area contributed by atoms with Gasteiger partial charge in [-0.3, -0.25) is 0 Å². The molecule has 2 heteroatoms. The predicted octanol–water partition coefficient (Wildman–Crippen LogP) is 5.26. The zero-order chi connectivity index (χ0) is 11.5. The molecule has 1 aromatic carbocycles. The SMILES string of the molecule is CSc1ccccc1-c1ccc(C(C)C)s1. The van der Waals surface area contributed by atoms with Crippen molar-refractivity contribution in [1.29, 1.82) is 0 Å². The minimum atomic E-state index is 0.625. The van der Waals surface area contributed by atoms with Crippen molar-refractivity contribution in [3.05, 3.63) is 41.3 Å². The summed E-state index contributed by atoms with van der Waals surface area (Å²) >= 11 is 3.72.